The number of aromatic amines is 1. The first-order chi connectivity index (χ1) is 16.7. The van der Waals surface area contributed by atoms with Crippen molar-refractivity contribution in [3.05, 3.63) is 77.1 Å². The molecular formula is C27H28F2N4O2. The van der Waals surface area contributed by atoms with Crippen molar-refractivity contribution < 1.29 is 18.3 Å². The summed E-state index contributed by atoms with van der Waals surface area (Å²) in [5.74, 6) is -1.23. The molecule has 0 bridgehead atoms. The van der Waals surface area contributed by atoms with Gasteiger partial charge in [-0.2, -0.15) is 5.26 Å². The Kier molecular flexibility index (Phi) is 6.62. The van der Waals surface area contributed by atoms with E-state index in [1.54, 1.807) is 30.0 Å². The van der Waals surface area contributed by atoms with Crippen LogP contribution in [0.25, 0.3) is 5.76 Å². The molecule has 2 N–H and O–H groups in total. The average Bonchev–Trinajstić information content (AvgIpc) is 3.42. The van der Waals surface area contributed by atoms with Gasteiger partial charge in [0.15, 0.2) is 0 Å². The Balaban J connectivity index is 1.51. The molecule has 2 aromatic rings. The highest BCUT2D eigenvalue weighted by atomic mass is 19.1. The molecule has 182 valence electrons. The predicted octanol–water partition coefficient (Wildman–Crippen LogP) is 5.65. The van der Waals surface area contributed by atoms with Gasteiger partial charge < -0.3 is 20.0 Å². The van der Waals surface area contributed by atoms with Crippen molar-refractivity contribution >= 4 is 17.9 Å². The van der Waals surface area contributed by atoms with Crippen LogP contribution < -0.4 is 0 Å². The Bertz CT molecular complexity index is 1220. The summed E-state index contributed by atoms with van der Waals surface area (Å²) in [5.41, 5.74) is 1.41. The van der Waals surface area contributed by atoms with Crippen LogP contribution in [-0.2, 0) is 9.53 Å². The minimum absolute atomic E-state index is 0.0830. The zero-order valence-electron chi connectivity index (χ0n) is 19.8. The van der Waals surface area contributed by atoms with Crippen LogP contribution in [0.2, 0.25) is 0 Å². The molecule has 35 heavy (non-hydrogen) atoms. The normalized spacial score (nSPS) is 26.4. The third-order valence-electron chi connectivity index (χ3n) is 7.09. The molecule has 8 heteroatoms. The third-order valence-corrected chi connectivity index (χ3v) is 7.09. The van der Waals surface area contributed by atoms with Gasteiger partial charge in [0.05, 0.1) is 17.3 Å². The molecule has 1 aliphatic heterocycles. The van der Waals surface area contributed by atoms with Crippen LogP contribution >= 0.6 is 0 Å². The molecule has 2 heterocycles. The van der Waals surface area contributed by atoms with Crippen LogP contribution in [0.5, 0.6) is 0 Å². The fourth-order valence-electron chi connectivity index (χ4n) is 4.98. The summed E-state index contributed by atoms with van der Waals surface area (Å²) in [6.07, 6.45) is 4.89. The molecule has 0 spiro atoms. The second-order valence-corrected chi connectivity index (χ2v) is 9.49. The topological polar surface area (TPSA) is 93.0 Å². The summed E-state index contributed by atoms with van der Waals surface area (Å²) < 4.78 is 34.0. The number of likely N-dealkylation sites (tertiary alicyclic amines) is 1. The Hall–Kier alpha value is -3.73. The van der Waals surface area contributed by atoms with E-state index < -0.39 is 23.2 Å². The molecule has 1 saturated carbocycles. The van der Waals surface area contributed by atoms with Gasteiger partial charge in [-0.05, 0) is 69.4 Å². The third kappa shape index (κ3) is 4.63. The predicted molar refractivity (Wildman–Crippen MR) is 128 cm³/mol. The Morgan fingerprint density at radius 1 is 1.31 bits per heavy atom. The van der Waals surface area contributed by atoms with Crippen molar-refractivity contribution in [2.75, 3.05) is 0 Å². The highest BCUT2D eigenvalue weighted by Crippen LogP contribution is 2.47. The molecule has 2 aliphatic rings. The van der Waals surface area contributed by atoms with Gasteiger partial charge in [0, 0.05) is 23.8 Å². The molecule has 2 fully saturated rings. The van der Waals surface area contributed by atoms with Gasteiger partial charge in [0.2, 0.25) is 5.91 Å². The number of allylic oxidation sites excluding steroid dienone is 1. The summed E-state index contributed by atoms with van der Waals surface area (Å²) in [7, 11) is 0. The number of rotatable bonds is 7. The summed E-state index contributed by atoms with van der Waals surface area (Å²) >= 11 is 0. The zero-order valence-corrected chi connectivity index (χ0v) is 19.8. The number of carbonyl (C=O) groups excluding carboxylic acids is 1. The van der Waals surface area contributed by atoms with Crippen molar-refractivity contribution in [2.45, 2.75) is 57.2 Å². The summed E-state index contributed by atoms with van der Waals surface area (Å²) in [6.45, 7) is 7.59. The van der Waals surface area contributed by atoms with Gasteiger partial charge in [0.25, 0.3) is 0 Å². The van der Waals surface area contributed by atoms with Gasteiger partial charge in [-0.15, -0.1) is 6.58 Å². The number of H-pyrrole nitrogens is 1. The molecule has 1 amide bonds. The molecule has 1 aliphatic carbocycles. The fraction of sp³-hybridized carbons (Fsp3) is 0.370. The molecule has 4 rings (SSSR count). The lowest BCUT2D eigenvalue weighted by molar-refractivity contribution is -0.147. The number of hydrogen-bond donors (Lipinski definition) is 2. The van der Waals surface area contributed by atoms with Gasteiger partial charge in [-0.1, -0.05) is 6.08 Å². The number of nitrogens with one attached hydrogen (secondary N) is 2. The van der Waals surface area contributed by atoms with E-state index in [1.165, 1.54) is 18.3 Å². The number of halogens is 2. The molecule has 1 aromatic carbocycles. The smallest absolute Gasteiger partial charge is 0.227 e. The van der Waals surface area contributed by atoms with Crippen molar-refractivity contribution in [2.24, 2.45) is 5.92 Å². The Labute approximate surface area is 203 Å². The lowest BCUT2D eigenvalue weighted by Crippen LogP contribution is -2.51. The van der Waals surface area contributed by atoms with Gasteiger partial charge in [0.1, 0.15) is 35.3 Å². The number of carbonyl (C=O) groups is 1. The lowest BCUT2D eigenvalue weighted by Gasteiger charge is -2.43. The zero-order chi connectivity index (χ0) is 25.3. The van der Waals surface area contributed by atoms with Gasteiger partial charge in [-0.25, -0.2) is 8.78 Å². The standard InChI is InChI=1S/C27H28F2N4O2/c1-4-27(3)8-7-24(17-9-19(28)13-20(29)10-17)33(27)26(34)18-11-22(12-18)35-25(16(2)14-30)23-6-5-21(15-31)32-23/h4-6,9-10,13-14,18,22,24,30,32H,1,7-8,11-12H2,2-3H3/t18?,22?,24-,27-/m0/s1. The first-order valence-corrected chi connectivity index (χ1v) is 11.6. The molecular weight excluding hydrogens is 450 g/mol. The average molecular weight is 479 g/mol. The highest BCUT2D eigenvalue weighted by Gasteiger charge is 2.49. The monoisotopic (exact) mass is 478 g/mol. The molecule has 1 saturated heterocycles. The maximum atomic E-state index is 13.9. The first kappa shape index (κ1) is 24.4. The van der Waals surface area contributed by atoms with Crippen LogP contribution in [0.15, 0.2) is 48.6 Å². The summed E-state index contributed by atoms with van der Waals surface area (Å²) in [4.78, 5) is 18.3. The van der Waals surface area contributed by atoms with E-state index in [0.717, 1.165) is 6.07 Å². The molecule has 2 atom stereocenters. The number of nitriles is 1. The van der Waals surface area contributed by atoms with Crippen LogP contribution in [0.4, 0.5) is 8.78 Å². The number of aromatic nitrogens is 1. The van der Waals surface area contributed by atoms with Crippen molar-refractivity contribution in [1.82, 2.24) is 9.88 Å². The highest BCUT2D eigenvalue weighted by molar-refractivity contribution is 5.86. The van der Waals surface area contributed by atoms with Crippen molar-refractivity contribution in [1.29, 1.82) is 10.7 Å². The first-order valence-electron chi connectivity index (χ1n) is 11.6. The fourth-order valence-corrected chi connectivity index (χ4v) is 4.98. The van der Waals surface area contributed by atoms with E-state index in [-0.39, 0.29) is 17.9 Å². The SMILES string of the molecule is C=C[C@@]1(C)CC[C@@H](c2cc(F)cc(F)c2)N1C(=O)C1CC(OC(=C(C)C=N)c2ccc(C#N)[nH]2)C1. The lowest BCUT2D eigenvalue weighted by atomic mass is 9.80. The van der Waals surface area contributed by atoms with E-state index in [0.29, 0.717) is 54.0 Å². The number of amides is 1. The maximum absolute atomic E-state index is 13.9. The van der Waals surface area contributed by atoms with E-state index in [1.807, 2.05) is 13.0 Å². The summed E-state index contributed by atoms with van der Waals surface area (Å²) in [6, 6.07) is 8.38. The van der Waals surface area contributed by atoms with Crippen LogP contribution in [0, 0.1) is 34.3 Å². The molecule has 1 aromatic heterocycles. The van der Waals surface area contributed by atoms with Crippen molar-refractivity contribution in [3.8, 4) is 6.07 Å². The van der Waals surface area contributed by atoms with Gasteiger partial charge in [-0.3, -0.25) is 4.79 Å². The number of benzene rings is 1. The quantitative estimate of drug-likeness (QED) is 0.306. The molecule has 6 nitrogen and oxygen atoms in total. The Morgan fingerprint density at radius 2 is 2.00 bits per heavy atom. The van der Waals surface area contributed by atoms with E-state index in [2.05, 4.69) is 11.6 Å². The van der Waals surface area contributed by atoms with E-state index in [9.17, 15) is 13.6 Å². The van der Waals surface area contributed by atoms with E-state index in [4.69, 9.17) is 15.4 Å². The second-order valence-electron chi connectivity index (χ2n) is 9.49. The molecule has 0 radical (unpaired) electrons. The molecule has 0 unspecified atom stereocenters. The second kappa shape index (κ2) is 9.49. The number of ether oxygens (including phenoxy) is 1. The van der Waals surface area contributed by atoms with Crippen LogP contribution in [0.3, 0.4) is 0 Å². The van der Waals surface area contributed by atoms with E-state index >= 15 is 0 Å². The van der Waals surface area contributed by atoms with Crippen LogP contribution in [-0.4, -0.2) is 33.6 Å². The minimum Gasteiger partial charge on any atom is -0.488 e. The largest absolute Gasteiger partial charge is 0.488 e. The minimum atomic E-state index is -0.665. The van der Waals surface area contributed by atoms with Crippen molar-refractivity contribution in [3.63, 3.8) is 0 Å². The van der Waals surface area contributed by atoms with Gasteiger partial charge >= 0.3 is 0 Å². The number of hydrogen-bond acceptors (Lipinski definition) is 4. The van der Waals surface area contributed by atoms with Crippen LogP contribution in [0.1, 0.15) is 62.5 Å². The maximum Gasteiger partial charge on any atom is 0.227 e. The Morgan fingerprint density at radius 3 is 2.57 bits per heavy atom. The summed E-state index contributed by atoms with van der Waals surface area (Å²) in [5, 5.41) is 16.7. The number of nitrogens with zero attached hydrogens (tertiary/aromatic N) is 2.